The van der Waals surface area contributed by atoms with Crippen molar-refractivity contribution in [3.63, 3.8) is 0 Å². The van der Waals surface area contributed by atoms with Crippen LogP contribution in [-0.4, -0.2) is 28.7 Å². The summed E-state index contributed by atoms with van der Waals surface area (Å²) in [5.74, 6) is 1.02. The number of carbonyl (C=O) groups is 1. The molecule has 20 heavy (non-hydrogen) atoms. The summed E-state index contributed by atoms with van der Waals surface area (Å²) in [6, 6.07) is 2.45. The average Bonchev–Trinajstić information content (AvgIpc) is 3.10. The number of nitrogens with zero attached hydrogens (tertiary/aromatic N) is 2. The van der Waals surface area contributed by atoms with Crippen LogP contribution in [0.3, 0.4) is 0 Å². The highest BCUT2D eigenvalue weighted by Crippen LogP contribution is 2.17. The van der Waals surface area contributed by atoms with Crippen molar-refractivity contribution in [3.8, 4) is 0 Å². The van der Waals surface area contributed by atoms with Crippen molar-refractivity contribution in [1.29, 1.82) is 0 Å². The molecule has 0 saturated carbocycles. The van der Waals surface area contributed by atoms with Crippen LogP contribution in [0, 0.1) is 5.92 Å². The highest BCUT2D eigenvalue weighted by Gasteiger charge is 2.16. The number of aromatic nitrogens is 2. The fourth-order valence-corrected chi connectivity index (χ4v) is 2.95. The molecular formula is C16H27N3O. The smallest absolute Gasteiger partial charge is 0.138 e. The first-order chi connectivity index (χ1) is 9.72. The highest BCUT2D eigenvalue weighted by atomic mass is 16.1. The fourth-order valence-electron chi connectivity index (χ4n) is 2.95. The van der Waals surface area contributed by atoms with Gasteiger partial charge >= 0.3 is 0 Å². The maximum absolute atomic E-state index is 12.0. The molecule has 2 rings (SSSR count). The molecule has 1 fully saturated rings. The summed E-state index contributed by atoms with van der Waals surface area (Å²) < 4.78 is 2.02. The van der Waals surface area contributed by atoms with Gasteiger partial charge in [0.25, 0.3) is 0 Å². The van der Waals surface area contributed by atoms with Crippen molar-refractivity contribution in [3.05, 3.63) is 18.0 Å². The largest absolute Gasteiger partial charge is 0.316 e. The van der Waals surface area contributed by atoms with Gasteiger partial charge in [0.1, 0.15) is 5.78 Å². The molecule has 0 aromatic carbocycles. The van der Waals surface area contributed by atoms with Crippen LogP contribution in [0.15, 0.2) is 12.3 Å². The van der Waals surface area contributed by atoms with Crippen LogP contribution in [0.4, 0.5) is 0 Å². The number of hydrogen-bond donors (Lipinski definition) is 1. The molecule has 1 atom stereocenters. The van der Waals surface area contributed by atoms with Gasteiger partial charge in [-0.2, -0.15) is 5.10 Å². The topological polar surface area (TPSA) is 46.9 Å². The van der Waals surface area contributed by atoms with Gasteiger partial charge in [0.15, 0.2) is 0 Å². The lowest BCUT2D eigenvalue weighted by Crippen LogP contribution is -2.12. The third kappa shape index (κ3) is 4.17. The highest BCUT2D eigenvalue weighted by molar-refractivity contribution is 5.80. The van der Waals surface area contributed by atoms with Crippen LogP contribution in [0.25, 0.3) is 0 Å². The molecule has 1 aliphatic rings. The van der Waals surface area contributed by atoms with Gasteiger partial charge in [-0.1, -0.05) is 13.8 Å². The minimum atomic E-state index is 0.326. The lowest BCUT2D eigenvalue weighted by atomic mass is 9.99. The van der Waals surface area contributed by atoms with Crippen molar-refractivity contribution < 1.29 is 4.79 Å². The summed E-state index contributed by atoms with van der Waals surface area (Å²) in [5.41, 5.74) is 0.923. The van der Waals surface area contributed by atoms with Gasteiger partial charge in [-0.05, 0) is 50.8 Å². The number of hydrogen-bond acceptors (Lipinski definition) is 3. The van der Waals surface area contributed by atoms with Crippen LogP contribution < -0.4 is 5.32 Å². The molecule has 2 heterocycles. The molecule has 0 spiro atoms. The Balaban J connectivity index is 1.78. The van der Waals surface area contributed by atoms with E-state index in [1.807, 2.05) is 16.9 Å². The predicted molar refractivity (Wildman–Crippen MR) is 80.8 cm³/mol. The predicted octanol–water partition coefficient (Wildman–Crippen LogP) is 2.75. The Morgan fingerprint density at radius 2 is 2.30 bits per heavy atom. The summed E-state index contributed by atoms with van der Waals surface area (Å²) in [6.45, 7) is 6.54. The Labute approximate surface area is 121 Å². The molecule has 1 aliphatic heterocycles. The van der Waals surface area contributed by atoms with E-state index in [1.54, 1.807) is 0 Å². The standard InChI is InChI=1S/C16H27N3O/c1-3-15(4-2)19-10-8-14(18-19)11-16(20)6-5-13-7-9-17-12-13/h8,10,13,15,17H,3-7,9,11-12H2,1-2H3. The molecule has 0 amide bonds. The maximum atomic E-state index is 12.0. The van der Waals surface area contributed by atoms with E-state index < -0.39 is 0 Å². The minimum absolute atomic E-state index is 0.326. The third-order valence-corrected chi connectivity index (χ3v) is 4.35. The van der Waals surface area contributed by atoms with Gasteiger partial charge < -0.3 is 5.32 Å². The lowest BCUT2D eigenvalue weighted by molar-refractivity contribution is -0.118. The first-order valence-corrected chi connectivity index (χ1v) is 7.99. The molecule has 1 N–H and O–H groups in total. The number of carbonyl (C=O) groups excluding carboxylic acids is 1. The van der Waals surface area contributed by atoms with E-state index >= 15 is 0 Å². The fraction of sp³-hybridized carbons (Fsp3) is 0.750. The van der Waals surface area contributed by atoms with E-state index in [4.69, 9.17) is 0 Å². The van der Waals surface area contributed by atoms with Crippen LogP contribution >= 0.6 is 0 Å². The molecule has 1 saturated heterocycles. The second-order valence-corrected chi connectivity index (χ2v) is 5.87. The third-order valence-electron chi connectivity index (χ3n) is 4.35. The molecule has 0 radical (unpaired) electrons. The van der Waals surface area contributed by atoms with Crippen LogP contribution in [0.1, 0.15) is 57.7 Å². The first-order valence-electron chi connectivity index (χ1n) is 7.99. The van der Waals surface area contributed by atoms with Gasteiger partial charge in [-0.25, -0.2) is 0 Å². The maximum Gasteiger partial charge on any atom is 0.138 e. The zero-order valence-corrected chi connectivity index (χ0v) is 12.8. The zero-order chi connectivity index (χ0) is 14.4. The van der Waals surface area contributed by atoms with Crippen molar-refractivity contribution in [2.24, 2.45) is 5.92 Å². The summed E-state index contributed by atoms with van der Waals surface area (Å²) in [7, 11) is 0. The molecule has 4 heteroatoms. The second kappa shape index (κ2) is 7.58. The molecular weight excluding hydrogens is 250 g/mol. The summed E-state index contributed by atoms with van der Waals surface area (Å²) in [4.78, 5) is 12.0. The minimum Gasteiger partial charge on any atom is -0.316 e. The Bertz CT molecular complexity index is 417. The second-order valence-electron chi connectivity index (χ2n) is 5.87. The molecule has 1 unspecified atom stereocenters. The van der Waals surface area contributed by atoms with Crippen molar-refractivity contribution in [1.82, 2.24) is 15.1 Å². The van der Waals surface area contributed by atoms with Crippen molar-refractivity contribution in [2.75, 3.05) is 13.1 Å². The number of ketones is 1. The monoisotopic (exact) mass is 277 g/mol. The van der Waals surface area contributed by atoms with E-state index in [-0.39, 0.29) is 0 Å². The Morgan fingerprint density at radius 3 is 2.95 bits per heavy atom. The molecule has 4 nitrogen and oxygen atoms in total. The van der Waals surface area contributed by atoms with E-state index in [0.29, 0.717) is 30.6 Å². The first kappa shape index (κ1) is 15.2. The Hall–Kier alpha value is -1.16. The summed E-state index contributed by atoms with van der Waals surface area (Å²) in [5, 5.41) is 7.90. The number of Topliss-reactive ketones (excluding diaryl/α,β-unsaturated/α-hetero) is 1. The van der Waals surface area contributed by atoms with Crippen molar-refractivity contribution >= 4 is 5.78 Å². The van der Waals surface area contributed by atoms with E-state index in [2.05, 4.69) is 24.3 Å². The molecule has 112 valence electrons. The van der Waals surface area contributed by atoms with Gasteiger partial charge in [-0.15, -0.1) is 0 Å². The average molecular weight is 277 g/mol. The van der Waals surface area contributed by atoms with Crippen LogP contribution in [-0.2, 0) is 11.2 Å². The summed E-state index contributed by atoms with van der Waals surface area (Å²) in [6.07, 6.45) is 7.62. The molecule has 1 aromatic rings. The summed E-state index contributed by atoms with van der Waals surface area (Å²) >= 11 is 0. The number of rotatable bonds is 8. The zero-order valence-electron chi connectivity index (χ0n) is 12.8. The van der Waals surface area contributed by atoms with Crippen LogP contribution in [0.2, 0.25) is 0 Å². The van der Waals surface area contributed by atoms with Crippen molar-refractivity contribution in [2.45, 2.75) is 58.4 Å². The SMILES string of the molecule is CCC(CC)n1ccc(CC(=O)CCC2CCNC2)n1. The van der Waals surface area contributed by atoms with Gasteiger partial charge in [0, 0.05) is 12.6 Å². The quantitative estimate of drug-likeness (QED) is 0.795. The normalized spacial score (nSPS) is 18.9. The molecule has 0 aliphatic carbocycles. The Kier molecular flexibility index (Phi) is 5.77. The van der Waals surface area contributed by atoms with E-state index in [0.717, 1.165) is 38.0 Å². The number of nitrogens with one attached hydrogen (secondary N) is 1. The van der Waals surface area contributed by atoms with Crippen LogP contribution in [0.5, 0.6) is 0 Å². The van der Waals surface area contributed by atoms with Gasteiger partial charge in [-0.3, -0.25) is 9.48 Å². The van der Waals surface area contributed by atoms with E-state index in [1.165, 1.54) is 6.42 Å². The molecule has 1 aromatic heterocycles. The van der Waals surface area contributed by atoms with Gasteiger partial charge in [0.05, 0.1) is 18.2 Å². The van der Waals surface area contributed by atoms with Gasteiger partial charge in [0.2, 0.25) is 0 Å². The lowest BCUT2D eigenvalue weighted by Gasteiger charge is -2.12. The molecule has 0 bridgehead atoms. The Morgan fingerprint density at radius 1 is 1.50 bits per heavy atom. The van der Waals surface area contributed by atoms with E-state index in [9.17, 15) is 4.79 Å².